The third-order valence-electron chi connectivity index (χ3n) is 4.30. The normalized spacial score (nSPS) is 10.7. The van der Waals surface area contributed by atoms with Gasteiger partial charge in [0, 0.05) is 12.1 Å². The van der Waals surface area contributed by atoms with Crippen molar-refractivity contribution >= 4 is 5.91 Å². The standard InChI is InChI=1S/C21H22N2O3/c1-14-7-3-5-9-17(14)21-23-18(15(2)26-21)13-20(25)22-12-11-16-8-4-6-10-19(16)24/h3-10,24H,11-13H2,1-2H3,(H,22,25). The molecule has 0 unspecified atom stereocenters. The summed E-state index contributed by atoms with van der Waals surface area (Å²) in [6.45, 7) is 4.28. The molecule has 3 aromatic rings. The molecule has 0 spiro atoms. The lowest BCUT2D eigenvalue weighted by molar-refractivity contribution is -0.120. The summed E-state index contributed by atoms with van der Waals surface area (Å²) in [4.78, 5) is 16.7. The van der Waals surface area contributed by atoms with Crippen molar-refractivity contribution in [2.75, 3.05) is 6.54 Å². The molecule has 5 heteroatoms. The molecule has 134 valence electrons. The quantitative estimate of drug-likeness (QED) is 0.713. The van der Waals surface area contributed by atoms with E-state index in [4.69, 9.17) is 4.42 Å². The van der Waals surface area contributed by atoms with Crippen molar-refractivity contribution in [2.24, 2.45) is 0 Å². The van der Waals surface area contributed by atoms with Crippen LogP contribution in [0.25, 0.3) is 11.5 Å². The highest BCUT2D eigenvalue weighted by Crippen LogP contribution is 2.24. The highest BCUT2D eigenvalue weighted by atomic mass is 16.4. The molecule has 0 aliphatic rings. The lowest BCUT2D eigenvalue weighted by Crippen LogP contribution is -2.27. The Hall–Kier alpha value is -3.08. The second-order valence-corrected chi connectivity index (χ2v) is 6.24. The van der Waals surface area contributed by atoms with Gasteiger partial charge in [0.05, 0.1) is 12.1 Å². The van der Waals surface area contributed by atoms with Gasteiger partial charge in [-0.05, 0) is 43.5 Å². The summed E-state index contributed by atoms with van der Waals surface area (Å²) in [7, 11) is 0. The number of carbonyl (C=O) groups excluding carboxylic acids is 1. The minimum atomic E-state index is -0.117. The second kappa shape index (κ2) is 7.87. The Balaban J connectivity index is 1.60. The minimum absolute atomic E-state index is 0.117. The van der Waals surface area contributed by atoms with Crippen molar-refractivity contribution < 1.29 is 14.3 Å². The molecule has 2 N–H and O–H groups in total. The van der Waals surface area contributed by atoms with Crippen LogP contribution in [0.2, 0.25) is 0 Å². The van der Waals surface area contributed by atoms with E-state index in [1.807, 2.05) is 50.2 Å². The monoisotopic (exact) mass is 350 g/mol. The Morgan fingerprint density at radius 1 is 1.12 bits per heavy atom. The van der Waals surface area contributed by atoms with E-state index in [1.54, 1.807) is 12.1 Å². The molecule has 0 aliphatic heterocycles. The Bertz CT molecular complexity index is 915. The number of hydrogen-bond donors (Lipinski definition) is 2. The zero-order chi connectivity index (χ0) is 18.5. The fourth-order valence-electron chi connectivity index (χ4n) is 2.79. The number of nitrogens with one attached hydrogen (secondary N) is 1. The van der Waals surface area contributed by atoms with Gasteiger partial charge in [-0.3, -0.25) is 4.79 Å². The van der Waals surface area contributed by atoms with Crippen LogP contribution in [0.5, 0.6) is 5.75 Å². The van der Waals surface area contributed by atoms with Crippen molar-refractivity contribution in [3.05, 3.63) is 71.1 Å². The Morgan fingerprint density at radius 2 is 1.85 bits per heavy atom. The van der Waals surface area contributed by atoms with E-state index >= 15 is 0 Å². The molecule has 0 fully saturated rings. The van der Waals surface area contributed by atoms with E-state index in [0.717, 1.165) is 16.7 Å². The van der Waals surface area contributed by atoms with Gasteiger partial charge < -0.3 is 14.8 Å². The number of aromatic hydroxyl groups is 1. The molecule has 0 radical (unpaired) electrons. The van der Waals surface area contributed by atoms with Gasteiger partial charge in [-0.1, -0.05) is 36.4 Å². The highest BCUT2D eigenvalue weighted by molar-refractivity contribution is 5.78. The van der Waals surface area contributed by atoms with Crippen LogP contribution >= 0.6 is 0 Å². The maximum atomic E-state index is 12.2. The van der Waals surface area contributed by atoms with E-state index in [2.05, 4.69) is 10.3 Å². The van der Waals surface area contributed by atoms with Crippen LogP contribution in [-0.4, -0.2) is 22.5 Å². The number of phenolic OH excluding ortho intramolecular Hbond substituents is 1. The highest BCUT2D eigenvalue weighted by Gasteiger charge is 2.15. The molecule has 0 aliphatic carbocycles. The number of aryl methyl sites for hydroxylation is 2. The molecular weight excluding hydrogens is 328 g/mol. The maximum Gasteiger partial charge on any atom is 0.226 e. The Morgan fingerprint density at radius 3 is 2.62 bits per heavy atom. The zero-order valence-electron chi connectivity index (χ0n) is 15.0. The molecule has 26 heavy (non-hydrogen) atoms. The van der Waals surface area contributed by atoms with Gasteiger partial charge in [0.25, 0.3) is 0 Å². The second-order valence-electron chi connectivity index (χ2n) is 6.24. The average molecular weight is 350 g/mol. The molecule has 1 aromatic heterocycles. The Labute approximate surface area is 152 Å². The number of rotatable bonds is 6. The van der Waals surface area contributed by atoms with Crippen LogP contribution < -0.4 is 5.32 Å². The van der Waals surface area contributed by atoms with Gasteiger partial charge in [-0.15, -0.1) is 0 Å². The van der Waals surface area contributed by atoms with Gasteiger partial charge >= 0.3 is 0 Å². The largest absolute Gasteiger partial charge is 0.508 e. The summed E-state index contributed by atoms with van der Waals surface area (Å²) in [6, 6.07) is 15.0. The molecule has 0 saturated carbocycles. The molecule has 0 saturated heterocycles. The summed E-state index contributed by atoms with van der Waals surface area (Å²) in [5, 5.41) is 12.6. The molecule has 1 heterocycles. The number of benzene rings is 2. The van der Waals surface area contributed by atoms with Gasteiger partial charge in [-0.2, -0.15) is 0 Å². The third-order valence-corrected chi connectivity index (χ3v) is 4.30. The number of nitrogens with zero attached hydrogens (tertiary/aromatic N) is 1. The maximum absolute atomic E-state index is 12.2. The van der Waals surface area contributed by atoms with Crippen LogP contribution in [0.3, 0.4) is 0 Å². The van der Waals surface area contributed by atoms with Crippen molar-refractivity contribution in [3.63, 3.8) is 0 Å². The summed E-state index contributed by atoms with van der Waals surface area (Å²) in [5.74, 6) is 1.32. The molecule has 2 aromatic carbocycles. The first-order valence-electron chi connectivity index (χ1n) is 8.60. The van der Waals surface area contributed by atoms with Crippen LogP contribution in [0.4, 0.5) is 0 Å². The fourth-order valence-corrected chi connectivity index (χ4v) is 2.79. The number of oxazole rings is 1. The summed E-state index contributed by atoms with van der Waals surface area (Å²) < 4.78 is 5.75. The smallest absolute Gasteiger partial charge is 0.226 e. The van der Waals surface area contributed by atoms with E-state index < -0.39 is 0 Å². The average Bonchev–Trinajstić information content (AvgIpc) is 2.97. The number of aromatic nitrogens is 1. The van der Waals surface area contributed by atoms with Gasteiger partial charge in [0.1, 0.15) is 11.5 Å². The van der Waals surface area contributed by atoms with Gasteiger partial charge in [-0.25, -0.2) is 4.98 Å². The van der Waals surface area contributed by atoms with E-state index in [0.29, 0.717) is 30.3 Å². The summed E-state index contributed by atoms with van der Waals surface area (Å²) in [5.41, 5.74) is 3.46. The van der Waals surface area contributed by atoms with Crippen molar-refractivity contribution in [1.82, 2.24) is 10.3 Å². The molecular formula is C21H22N2O3. The first-order valence-corrected chi connectivity index (χ1v) is 8.60. The predicted molar refractivity (Wildman–Crippen MR) is 99.9 cm³/mol. The topological polar surface area (TPSA) is 75.4 Å². The van der Waals surface area contributed by atoms with Crippen molar-refractivity contribution in [3.8, 4) is 17.2 Å². The number of carbonyl (C=O) groups is 1. The minimum Gasteiger partial charge on any atom is -0.508 e. The van der Waals surface area contributed by atoms with Crippen LogP contribution in [0, 0.1) is 13.8 Å². The SMILES string of the molecule is Cc1ccccc1-c1nc(CC(=O)NCCc2ccccc2O)c(C)o1. The Kier molecular flexibility index (Phi) is 5.37. The zero-order valence-corrected chi connectivity index (χ0v) is 15.0. The molecule has 0 atom stereocenters. The first kappa shape index (κ1) is 17.7. The molecule has 3 rings (SSSR count). The van der Waals surface area contributed by atoms with E-state index in [1.165, 1.54) is 0 Å². The molecule has 1 amide bonds. The van der Waals surface area contributed by atoms with Crippen LogP contribution in [0.1, 0.15) is 22.6 Å². The van der Waals surface area contributed by atoms with Crippen LogP contribution in [-0.2, 0) is 17.6 Å². The first-order chi connectivity index (χ1) is 12.5. The molecule has 5 nitrogen and oxygen atoms in total. The van der Waals surface area contributed by atoms with Crippen molar-refractivity contribution in [1.29, 1.82) is 0 Å². The third kappa shape index (κ3) is 4.11. The van der Waals surface area contributed by atoms with Gasteiger partial charge in [0.2, 0.25) is 11.8 Å². The predicted octanol–water partition coefficient (Wildman–Crippen LogP) is 3.57. The lowest BCUT2D eigenvalue weighted by Gasteiger charge is -2.06. The lowest BCUT2D eigenvalue weighted by atomic mass is 10.1. The number of amides is 1. The number of para-hydroxylation sites is 1. The number of hydrogen-bond acceptors (Lipinski definition) is 4. The van der Waals surface area contributed by atoms with Crippen LogP contribution in [0.15, 0.2) is 52.9 Å². The number of phenols is 1. The van der Waals surface area contributed by atoms with E-state index in [-0.39, 0.29) is 18.1 Å². The summed E-state index contributed by atoms with van der Waals surface area (Å²) in [6.07, 6.45) is 0.743. The molecule has 0 bridgehead atoms. The van der Waals surface area contributed by atoms with Crippen molar-refractivity contribution in [2.45, 2.75) is 26.7 Å². The summed E-state index contributed by atoms with van der Waals surface area (Å²) >= 11 is 0. The van der Waals surface area contributed by atoms with E-state index in [9.17, 15) is 9.90 Å². The fraction of sp³-hybridized carbons (Fsp3) is 0.238. The van der Waals surface area contributed by atoms with Gasteiger partial charge in [0.15, 0.2) is 0 Å².